The first-order valence-electron chi connectivity index (χ1n) is 6.69. The summed E-state index contributed by atoms with van der Waals surface area (Å²) in [5.74, 6) is 0. The highest BCUT2D eigenvalue weighted by Crippen LogP contribution is 2.27. The molecular formula is C16H18BrClN2. The van der Waals surface area contributed by atoms with Crippen LogP contribution >= 0.6 is 27.5 Å². The van der Waals surface area contributed by atoms with Crippen LogP contribution in [0.15, 0.2) is 41.1 Å². The molecule has 0 aliphatic rings. The summed E-state index contributed by atoms with van der Waals surface area (Å²) in [6, 6.07) is 8.31. The van der Waals surface area contributed by atoms with Crippen LogP contribution in [0.3, 0.4) is 0 Å². The van der Waals surface area contributed by atoms with Gasteiger partial charge in [0.15, 0.2) is 0 Å². The number of aryl methyl sites for hydroxylation is 1. The number of hydrogen-bond donors (Lipinski definition) is 1. The predicted octanol–water partition coefficient (Wildman–Crippen LogP) is 4.70. The van der Waals surface area contributed by atoms with Gasteiger partial charge in [0.25, 0.3) is 0 Å². The van der Waals surface area contributed by atoms with Crippen LogP contribution in [-0.4, -0.2) is 11.5 Å². The van der Waals surface area contributed by atoms with Gasteiger partial charge in [0, 0.05) is 27.9 Å². The second-order valence-electron chi connectivity index (χ2n) is 4.78. The molecule has 1 unspecified atom stereocenters. The van der Waals surface area contributed by atoms with Crippen LogP contribution in [0.1, 0.15) is 29.7 Å². The van der Waals surface area contributed by atoms with Gasteiger partial charge in [0.2, 0.25) is 0 Å². The first-order chi connectivity index (χ1) is 9.61. The third-order valence-electron chi connectivity index (χ3n) is 3.34. The van der Waals surface area contributed by atoms with Crippen molar-refractivity contribution in [3.05, 3.63) is 62.8 Å². The molecule has 106 valence electrons. The van der Waals surface area contributed by atoms with Crippen LogP contribution in [0, 0.1) is 6.92 Å². The summed E-state index contributed by atoms with van der Waals surface area (Å²) in [5, 5.41) is 4.31. The lowest BCUT2D eigenvalue weighted by atomic mass is 9.97. The van der Waals surface area contributed by atoms with Crippen molar-refractivity contribution in [3.8, 4) is 0 Å². The van der Waals surface area contributed by atoms with Gasteiger partial charge in [-0.25, -0.2) is 0 Å². The van der Waals surface area contributed by atoms with E-state index in [4.69, 9.17) is 11.6 Å². The second kappa shape index (κ2) is 7.21. The van der Waals surface area contributed by atoms with Gasteiger partial charge in [0.1, 0.15) is 0 Å². The topological polar surface area (TPSA) is 24.9 Å². The van der Waals surface area contributed by atoms with Crippen molar-refractivity contribution in [3.63, 3.8) is 0 Å². The van der Waals surface area contributed by atoms with Crippen LogP contribution in [0.4, 0.5) is 0 Å². The smallest absolute Gasteiger partial charge is 0.0449 e. The highest BCUT2D eigenvalue weighted by Gasteiger charge is 2.15. The molecule has 2 aromatic rings. The molecule has 1 N–H and O–H groups in total. The Morgan fingerprint density at radius 3 is 2.80 bits per heavy atom. The van der Waals surface area contributed by atoms with E-state index < -0.39 is 0 Å². The summed E-state index contributed by atoms with van der Waals surface area (Å²) < 4.78 is 1.00. The van der Waals surface area contributed by atoms with Gasteiger partial charge < -0.3 is 5.32 Å². The van der Waals surface area contributed by atoms with Gasteiger partial charge in [-0.15, -0.1) is 0 Å². The number of nitrogens with zero attached hydrogens (tertiary/aromatic N) is 1. The van der Waals surface area contributed by atoms with Crippen LogP contribution in [-0.2, 0) is 6.42 Å². The van der Waals surface area contributed by atoms with E-state index in [9.17, 15) is 0 Å². The fourth-order valence-corrected chi connectivity index (χ4v) is 3.04. The molecule has 1 heterocycles. The molecule has 1 aromatic heterocycles. The number of benzene rings is 1. The number of nitrogens with one attached hydrogen (secondary N) is 1. The lowest BCUT2D eigenvalue weighted by Crippen LogP contribution is -2.24. The lowest BCUT2D eigenvalue weighted by molar-refractivity contribution is 0.545. The molecule has 0 radical (unpaired) electrons. The molecule has 0 aliphatic carbocycles. The van der Waals surface area contributed by atoms with Gasteiger partial charge in [0.05, 0.1) is 0 Å². The van der Waals surface area contributed by atoms with Crippen LogP contribution < -0.4 is 5.32 Å². The van der Waals surface area contributed by atoms with E-state index in [1.807, 2.05) is 30.6 Å². The lowest BCUT2D eigenvalue weighted by Gasteiger charge is -2.20. The van der Waals surface area contributed by atoms with E-state index >= 15 is 0 Å². The van der Waals surface area contributed by atoms with Crippen molar-refractivity contribution >= 4 is 27.5 Å². The average molecular weight is 354 g/mol. The van der Waals surface area contributed by atoms with Gasteiger partial charge in [-0.05, 0) is 54.8 Å². The maximum Gasteiger partial charge on any atom is 0.0449 e. The van der Waals surface area contributed by atoms with E-state index in [0.29, 0.717) is 0 Å². The number of pyridine rings is 1. The number of halogens is 2. The normalized spacial score (nSPS) is 12.4. The summed E-state index contributed by atoms with van der Waals surface area (Å²) in [6.45, 7) is 5.14. The monoisotopic (exact) mass is 352 g/mol. The van der Waals surface area contributed by atoms with E-state index in [2.05, 4.69) is 46.1 Å². The molecule has 1 aromatic carbocycles. The highest BCUT2D eigenvalue weighted by atomic mass is 79.9. The third kappa shape index (κ3) is 3.81. The maximum absolute atomic E-state index is 6.33. The summed E-state index contributed by atoms with van der Waals surface area (Å²) in [4.78, 5) is 4.25. The van der Waals surface area contributed by atoms with E-state index in [0.717, 1.165) is 28.0 Å². The van der Waals surface area contributed by atoms with Crippen LogP contribution in [0.5, 0.6) is 0 Å². The predicted molar refractivity (Wildman–Crippen MR) is 88.2 cm³/mol. The highest BCUT2D eigenvalue weighted by molar-refractivity contribution is 9.10. The SMILES string of the molecule is CCNC(Cc1ccc(Br)cc1Cl)c1cnccc1C. The summed E-state index contributed by atoms with van der Waals surface area (Å²) in [6.07, 6.45) is 4.62. The first-order valence-corrected chi connectivity index (χ1v) is 7.86. The van der Waals surface area contributed by atoms with Gasteiger partial charge in [-0.1, -0.05) is 40.5 Å². The molecule has 0 fully saturated rings. The van der Waals surface area contributed by atoms with Crippen molar-refractivity contribution < 1.29 is 0 Å². The zero-order valence-corrected chi connectivity index (χ0v) is 14.0. The molecule has 1 atom stereocenters. The summed E-state index contributed by atoms with van der Waals surface area (Å²) in [5.41, 5.74) is 3.62. The number of aromatic nitrogens is 1. The number of rotatable bonds is 5. The minimum absolute atomic E-state index is 0.229. The first kappa shape index (κ1) is 15.5. The Labute approximate surface area is 133 Å². The second-order valence-corrected chi connectivity index (χ2v) is 6.11. The minimum atomic E-state index is 0.229. The minimum Gasteiger partial charge on any atom is -0.310 e. The molecule has 0 saturated carbocycles. The van der Waals surface area contributed by atoms with E-state index in [-0.39, 0.29) is 6.04 Å². The molecule has 2 rings (SSSR count). The van der Waals surface area contributed by atoms with Crippen LogP contribution in [0.2, 0.25) is 5.02 Å². The maximum atomic E-state index is 6.33. The molecule has 0 bridgehead atoms. The van der Waals surface area contributed by atoms with Crippen molar-refractivity contribution in [1.29, 1.82) is 0 Å². The Morgan fingerprint density at radius 1 is 1.35 bits per heavy atom. The number of hydrogen-bond acceptors (Lipinski definition) is 2. The Balaban J connectivity index is 2.28. The molecule has 0 saturated heterocycles. The molecule has 4 heteroatoms. The van der Waals surface area contributed by atoms with E-state index in [1.165, 1.54) is 11.1 Å². The Morgan fingerprint density at radius 2 is 2.15 bits per heavy atom. The molecule has 2 nitrogen and oxygen atoms in total. The van der Waals surface area contributed by atoms with Gasteiger partial charge >= 0.3 is 0 Å². The molecular weight excluding hydrogens is 336 g/mol. The van der Waals surface area contributed by atoms with Crippen molar-refractivity contribution in [2.75, 3.05) is 6.54 Å². The Hall–Kier alpha value is -0.900. The van der Waals surface area contributed by atoms with E-state index in [1.54, 1.807) is 0 Å². The molecule has 0 aliphatic heterocycles. The fourth-order valence-electron chi connectivity index (χ4n) is 2.29. The molecule has 20 heavy (non-hydrogen) atoms. The number of likely N-dealkylation sites (N-methyl/N-ethyl adjacent to an activating group) is 1. The molecule has 0 amide bonds. The third-order valence-corrected chi connectivity index (χ3v) is 4.19. The van der Waals surface area contributed by atoms with Crippen molar-refractivity contribution in [2.45, 2.75) is 26.3 Å². The van der Waals surface area contributed by atoms with Crippen molar-refractivity contribution in [2.24, 2.45) is 0 Å². The average Bonchev–Trinajstić information content (AvgIpc) is 2.42. The summed E-state index contributed by atoms with van der Waals surface area (Å²) >= 11 is 9.77. The van der Waals surface area contributed by atoms with Crippen LogP contribution in [0.25, 0.3) is 0 Å². The Bertz CT molecular complexity index is 586. The Kier molecular flexibility index (Phi) is 5.58. The summed E-state index contributed by atoms with van der Waals surface area (Å²) in [7, 11) is 0. The quantitative estimate of drug-likeness (QED) is 0.843. The zero-order valence-electron chi connectivity index (χ0n) is 11.7. The zero-order chi connectivity index (χ0) is 14.5. The molecule has 0 spiro atoms. The largest absolute Gasteiger partial charge is 0.310 e. The van der Waals surface area contributed by atoms with Gasteiger partial charge in [-0.3, -0.25) is 4.98 Å². The van der Waals surface area contributed by atoms with Gasteiger partial charge in [-0.2, -0.15) is 0 Å². The standard InChI is InChI=1S/C16H18BrClN2/c1-3-20-16(14-10-19-7-6-11(14)2)8-12-4-5-13(17)9-15(12)18/h4-7,9-10,16,20H,3,8H2,1-2H3. The van der Waals surface area contributed by atoms with Crippen molar-refractivity contribution in [1.82, 2.24) is 10.3 Å². The fraction of sp³-hybridized carbons (Fsp3) is 0.312.